The quantitative estimate of drug-likeness (QED) is 0.698. The molecule has 2 heterocycles. The molecule has 2 aromatic carbocycles. The summed E-state index contributed by atoms with van der Waals surface area (Å²) in [6.07, 6.45) is -0.0622. The van der Waals surface area contributed by atoms with Crippen LogP contribution in [0.15, 0.2) is 54.6 Å². The Hall–Kier alpha value is -3.39. The predicted molar refractivity (Wildman–Crippen MR) is 128 cm³/mol. The van der Waals surface area contributed by atoms with Crippen LogP contribution in [0.25, 0.3) is 0 Å². The maximum Gasteiger partial charge on any atom is 0.243 e. The van der Waals surface area contributed by atoms with E-state index in [1.54, 1.807) is 4.90 Å². The van der Waals surface area contributed by atoms with Crippen molar-refractivity contribution in [2.75, 3.05) is 56.0 Å². The van der Waals surface area contributed by atoms with Gasteiger partial charge in [0.15, 0.2) is 0 Å². The Morgan fingerprint density at radius 2 is 1.76 bits per heavy atom. The number of nitrogens with one attached hydrogen (secondary N) is 2. The number of nitrogens with zero attached hydrogens (tertiary/aromatic N) is 3. The first kappa shape index (κ1) is 22.8. The summed E-state index contributed by atoms with van der Waals surface area (Å²) in [5.74, 6) is -0.661. The molecule has 4 rings (SSSR count). The number of anilines is 2. The highest BCUT2D eigenvalue weighted by Crippen LogP contribution is 2.17. The number of carbonyl (C=O) groups is 3. The van der Waals surface area contributed by atoms with Crippen LogP contribution in [-0.2, 0) is 14.4 Å². The zero-order valence-electron chi connectivity index (χ0n) is 19.0. The van der Waals surface area contributed by atoms with E-state index in [2.05, 4.69) is 32.6 Å². The standard InChI is InChI=1S/C25H31N5O3/c1-19-6-5-7-20(16-19)27-23(31)17-22-25(33)26-10-11-30(22)24(32)18-28-12-14-29(15-13-28)21-8-3-2-4-9-21/h2-9,16,22H,10-15,17-18H2,1H3,(H,26,33)(H,27,31)/t22-/m0/s1. The van der Waals surface area contributed by atoms with Crippen molar-refractivity contribution in [3.05, 3.63) is 60.2 Å². The van der Waals surface area contributed by atoms with E-state index >= 15 is 0 Å². The molecule has 0 spiro atoms. The summed E-state index contributed by atoms with van der Waals surface area (Å²) in [7, 11) is 0. The lowest BCUT2D eigenvalue weighted by Gasteiger charge is -2.39. The van der Waals surface area contributed by atoms with Crippen molar-refractivity contribution < 1.29 is 14.4 Å². The van der Waals surface area contributed by atoms with Crippen molar-refractivity contribution in [2.24, 2.45) is 0 Å². The molecule has 8 nitrogen and oxygen atoms in total. The molecule has 174 valence electrons. The number of hydrogen-bond acceptors (Lipinski definition) is 5. The third-order valence-electron chi connectivity index (χ3n) is 6.18. The molecule has 2 aliphatic heterocycles. The van der Waals surface area contributed by atoms with E-state index in [9.17, 15) is 14.4 Å². The van der Waals surface area contributed by atoms with Gasteiger partial charge in [-0.05, 0) is 36.8 Å². The summed E-state index contributed by atoms with van der Waals surface area (Å²) in [5.41, 5.74) is 2.91. The number of para-hydroxylation sites is 1. The molecule has 2 aromatic rings. The molecule has 0 saturated carbocycles. The second-order valence-corrected chi connectivity index (χ2v) is 8.61. The number of piperazine rings is 2. The Balaban J connectivity index is 1.32. The smallest absolute Gasteiger partial charge is 0.243 e. The SMILES string of the molecule is Cc1cccc(NC(=O)C[C@H]2C(=O)NCCN2C(=O)CN2CCN(c3ccccc3)CC2)c1. The molecule has 33 heavy (non-hydrogen) atoms. The highest BCUT2D eigenvalue weighted by Gasteiger charge is 2.35. The highest BCUT2D eigenvalue weighted by molar-refractivity contribution is 5.97. The van der Waals surface area contributed by atoms with Crippen LogP contribution in [0.1, 0.15) is 12.0 Å². The Kier molecular flexibility index (Phi) is 7.24. The number of amides is 3. The first-order chi connectivity index (χ1) is 16.0. The lowest BCUT2D eigenvalue weighted by Crippen LogP contribution is -2.60. The van der Waals surface area contributed by atoms with Crippen molar-refractivity contribution in [3.63, 3.8) is 0 Å². The molecule has 2 saturated heterocycles. The summed E-state index contributed by atoms with van der Waals surface area (Å²) in [6.45, 7) is 6.27. The van der Waals surface area contributed by atoms with Gasteiger partial charge < -0.3 is 20.4 Å². The van der Waals surface area contributed by atoms with Crippen LogP contribution in [0.5, 0.6) is 0 Å². The molecule has 0 radical (unpaired) electrons. The number of rotatable bonds is 6. The van der Waals surface area contributed by atoms with E-state index in [-0.39, 0.29) is 30.7 Å². The first-order valence-corrected chi connectivity index (χ1v) is 11.5. The Labute approximate surface area is 194 Å². The zero-order valence-corrected chi connectivity index (χ0v) is 19.0. The van der Waals surface area contributed by atoms with Crippen LogP contribution in [0.3, 0.4) is 0 Å². The van der Waals surface area contributed by atoms with E-state index in [0.29, 0.717) is 18.8 Å². The fourth-order valence-electron chi connectivity index (χ4n) is 4.41. The molecule has 0 aliphatic carbocycles. The molecular weight excluding hydrogens is 418 g/mol. The van der Waals surface area contributed by atoms with Gasteiger partial charge in [0, 0.05) is 50.6 Å². The van der Waals surface area contributed by atoms with Crippen molar-refractivity contribution in [1.82, 2.24) is 15.1 Å². The largest absolute Gasteiger partial charge is 0.369 e. The van der Waals surface area contributed by atoms with Gasteiger partial charge >= 0.3 is 0 Å². The van der Waals surface area contributed by atoms with Crippen LogP contribution in [0.4, 0.5) is 11.4 Å². The average molecular weight is 450 g/mol. The fraction of sp³-hybridized carbons (Fsp3) is 0.400. The first-order valence-electron chi connectivity index (χ1n) is 11.5. The van der Waals surface area contributed by atoms with Crippen molar-refractivity contribution in [2.45, 2.75) is 19.4 Å². The molecule has 0 bridgehead atoms. The van der Waals surface area contributed by atoms with Crippen molar-refractivity contribution in [3.8, 4) is 0 Å². The fourth-order valence-corrected chi connectivity index (χ4v) is 4.41. The second-order valence-electron chi connectivity index (χ2n) is 8.61. The van der Waals surface area contributed by atoms with Crippen molar-refractivity contribution >= 4 is 29.1 Å². The monoisotopic (exact) mass is 449 g/mol. The molecule has 0 aromatic heterocycles. The topological polar surface area (TPSA) is 85.0 Å². The van der Waals surface area contributed by atoms with Crippen molar-refractivity contribution in [1.29, 1.82) is 0 Å². The van der Waals surface area contributed by atoms with Crippen LogP contribution in [0, 0.1) is 6.92 Å². The Morgan fingerprint density at radius 3 is 2.48 bits per heavy atom. The summed E-state index contributed by atoms with van der Waals surface area (Å²) < 4.78 is 0. The van der Waals surface area contributed by atoms with Gasteiger partial charge in [-0.2, -0.15) is 0 Å². The van der Waals surface area contributed by atoms with Gasteiger partial charge in [-0.25, -0.2) is 0 Å². The Morgan fingerprint density at radius 1 is 1.00 bits per heavy atom. The molecule has 2 N–H and O–H groups in total. The number of aryl methyl sites for hydroxylation is 1. The minimum absolute atomic E-state index is 0.0622. The van der Waals surface area contributed by atoms with Crippen LogP contribution in [0.2, 0.25) is 0 Å². The van der Waals surface area contributed by atoms with E-state index in [1.165, 1.54) is 5.69 Å². The molecule has 1 atom stereocenters. The maximum absolute atomic E-state index is 13.1. The summed E-state index contributed by atoms with van der Waals surface area (Å²) in [4.78, 5) is 44.3. The predicted octanol–water partition coefficient (Wildman–Crippen LogP) is 1.47. The molecule has 3 amide bonds. The van der Waals surface area contributed by atoms with Gasteiger partial charge in [0.05, 0.1) is 13.0 Å². The number of hydrogen-bond donors (Lipinski definition) is 2. The van der Waals surface area contributed by atoms with Gasteiger partial charge in [-0.3, -0.25) is 19.3 Å². The number of carbonyl (C=O) groups excluding carboxylic acids is 3. The van der Waals surface area contributed by atoms with Gasteiger partial charge in [-0.15, -0.1) is 0 Å². The Bertz CT molecular complexity index is 989. The minimum Gasteiger partial charge on any atom is -0.369 e. The normalized spacial score (nSPS) is 19.2. The lowest BCUT2D eigenvalue weighted by molar-refractivity contribution is -0.145. The molecule has 0 unspecified atom stereocenters. The molecule has 2 aliphatic rings. The third kappa shape index (κ3) is 5.90. The number of benzene rings is 2. The molecule has 8 heteroatoms. The van der Waals surface area contributed by atoms with Gasteiger partial charge in [0.25, 0.3) is 0 Å². The zero-order chi connectivity index (χ0) is 23.2. The van der Waals surface area contributed by atoms with Crippen LogP contribution in [-0.4, -0.2) is 79.4 Å². The van der Waals surface area contributed by atoms with Gasteiger partial charge in [0.1, 0.15) is 6.04 Å². The summed E-state index contributed by atoms with van der Waals surface area (Å²) >= 11 is 0. The van der Waals surface area contributed by atoms with Crippen LogP contribution < -0.4 is 15.5 Å². The third-order valence-corrected chi connectivity index (χ3v) is 6.18. The summed E-state index contributed by atoms with van der Waals surface area (Å²) in [6, 6.07) is 17.0. The van der Waals surface area contributed by atoms with E-state index in [1.807, 2.05) is 49.4 Å². The highest BCUT2D eigenvalue weighted by atomic mass is 16.2. The van der Waals surface area contributed by atoms with Gasteiger partial charge in [0.2, 0.25) is 17.7 Å². The van der Waals surface area contributed by atoms with Gasteiger partial charge in [-0.1, -0.05) is 30.3 Å². The van der Waals surface area contributed by atoms with E-state index < -0.39 is 6.04 Å². The van der Waals surface area contributed by atoms with E-state index in [4.69, 9.17) is 0 Å². The van der Waals surface area contributed by atoms with E-state index in [0.717, 1.165) is 31.7 Å². The average Bonchev–Trinajstić information content (AvgIpc) is 2.81. The molecular formula is C25H31N5O3. The van der Waals surface area contributed by atoms with Crippen LogP contribution >= 0.6 is 0 Å². The maximum atomic E-state index is 13.1. The second kappa shape index (κ2) is 10.5. The lowest BCUT2D eigenvalue weighted by atomic mass is 10.1. The molecule has 2 fully saturated rings. The summed E-state index contributed by atoms with van der Waals surface area (Å²) in [5, 5.41) is 5.63. The minimum atomic E-state index is -0.790.